The fourth-order valence-electron chi connectivity index (χ4n) is 10.4. The zero-order valence-electron chi connectivity index (χ0n) is 44.0. The first-order valence-corrected chi connectivity index (χ1v) is 29.1. The van der Waals surface area contributed by atoms with E-state index in [4.69, 9.17) is 14.4 Å². The smallest absolute Gasteiger partial charge is 0.216 e. The molecule has 4 aromatic heterocycles. The zero-order valence-corrected chi connectivity index (χ0v) is 47.4. The minimum absolute atomic E-state index is 0. The number of pyridine rings is 2. The standard InChI is InChI=1S/C48H40N3O.C18H24NSi.Ir/c1-28(2)39-26-35(34-22-21-32-15-7-8-16-33(32)25-34)27-40(29(3)4)45(39)51-43-20-10-9-19-41(43)49-47(51)38-18-12-17-36-37-23-24-42(50-48(37)52-46(36)38)44-30(5)13-11-14-31(44)6;1-14(2)11-16-12-17(15-9-7-6-8-10-15)19-13-18(16)20(3,4)5;/h7-17,19-29H,1-6H3;6-9,12-14H,11H2,1-5H3;/q2*-1;. The molecule has 0 bridgehead atoms. The Labute approximate surface area is 446 Å². The average molecular weight is 1150 g/mol. The van der Waals surface area contributed by atoms with Crippen molar-refractivity contribution in [1.82, 2.24) is 19.5 Å². The second kappa shape index (κ2) is 21.0. The summed E-state index contributed by atoms with van der Waals surface area (Å²) in [4.78, 5) is 15.1. The van der Waals surface area contributed by atoms with Crippen LogP contribution < -0.4 is 5.19 Å². The number of fused-ring (bicyclic) bond motifs is 5. The monoisotopic (exact) mass is 1150 g/mol. The van der Waals surface area contributed by atoms with Gasteiger partial charge in [-0.15, -0.1) is 54.1 Å². The van der Waals surface area contributed by atoms with E-state index < -0.39 is 8.07 Å². The van der Waals surface area contributed by atoms with E-state index in [2.05, 4.69) is 230 Å². The molecule has 0 spiro atoms. The van der Waals surface area contributed by atoms with Gasteiger partial charge in [-0.1, -0.05) is 150 Å². The fourth-order valence-corrected chi connectivity index (χ4v) is 12.0. The van der Waals surface area contributed by atoms with Gasteiger partial charge in [-0.25, -0.2) is 4.98 Å². The van der Waals surface area contributed by atoms with Crippen LogP contribution in [0, 0.1) is 31.9 Å². The summed E-state index contributed by atoms with van der Waals surface area (Å²) in [6.07, 6.45) is 3.24. The average Bonchev–Trinajstić information content (AvgIpc) is 3.94. The summed E-state index contributed by atoms with van der Waals surface area (Å²) >= 11 is 0. The minimum Gasteiger partial charge on any atom is -0.486 e. The molecule has 73 heavy (non-hydrogen) atoms. The molecule has 369 valence electrons. The van der Waals surface area contributed by atoms with Gasteiger partial charge in [0.15, 0.2) is 0 Å². The minimum atomic E-state index is -1.34. The molecule has 0 atom stereocenters. The third-order valence-electron chi connectivity index (χ3n) is 14.0. The number of imidazole rings is 1. The van der Waals surface area contributed by atoms with Crippen molar-refractivity contribution in [1.29, 1.82) is 0 Å². The van der Waals surface area contributed by atoms with Crippen LogP contribution >= 0.6 is 0 Å². The third-order valence-corrected chi connectivity index (χ3v) is 16.0. The van der Waals surface area contributed by atoms with Crippen LogP contribution in [0.4, 0.5) is 0 Å². The zero-order chi connectivity index (χ0) is 50.4. The fraction of sp³-hybridized carbons (Fsp3) is 0.227. The van der Waals surface area contributed by atoms with Crippen molar-refractivity contribution in [3.8, 4) is 50.7 Å². The van der Waals surface area contributed by atoms with Crippen LogP contribution in [0.3, 0.4) is 0 Å². The Morgan fingerprint density at radius 1 is 0.616 bits per heavy atom. The maximum atomic E-state index is 6.74. The summed E-state index contributed by atoms with van der Waals surface area (Å²) < 4.78 is 9.10. The van der Waals surface area contributed by atoms with Crippen LogP contribution in [0.1, 0.15) is 81.2 Å². The van der Waals surface area contributed by atoms with E-state index in [0.717, 1.165) is 67.7 Å². The molecular weight excluding hydrogens is 1090 g/mol. The van der Waals surface area contributed by atoms with Gasteiger partial charge < -0.3 is 14.0 Å². The predicted molar refractivity (Wildman–Crippen MR) is 306 cm³/mol. The summed E-state index contributed by atoms with van der Waals surface area (Å²) in [5.74, 6) is 1.98. The summed E-state index contributed by atoms with van der Waals surface area (Å²) in [6, 6.07) is 60.4. The molecule has 0 aliphatic carbocycles. The van der Waals surface area contributed by atoms with E-state index in [9.17, 15) is 0 Å². The van der Waals surface area contributed by atoms with Gasteiger partial charge in [0.2, 0.25) is 5.71 Å². The molecule has 0 saturated heterocycles. The second-order valence-corrected chi connectivity index (χ2v) is 26.5. The number of benzene rings is 7. The van der Waals surface area contributed by atoms with Crippen molar-refractivity contribution in [2.45, 2.75) is 93.3 Å². The maximum absolute atomic E-state index is 6.74. The maximum Gasteiger partial charge on any atom is 0.216 e. The van der Waals surface area contributed by atoms with E-state index in [1.165, 1.54) is 60.6 Å². The molecule has 0 aliphatic heterocycles. The van der Waals surface area contributed by atoms with Gasteiger partial charge in [-0.05, 0) is 136 Å². The van der Waals surface area contributed by atoms with Crippen molar-refractivity contribution in [3.63, 3.8) is 0 Å². The first-order valence-electron chi connectivity index (χ1n) is 25.6. The quantitative estimate of drug-likeness (QED) is 0.101. The van der Waals surface area contributed by atoms with E-state index in [0.29, 0.717) is 11.6 Å². The summed E-state index contributed by atoms with van der Waals surface area (Å²) in [5.41, 5.74) is 18.4. The second-order valence-electron chi connectivity index (χ2n) is 21.5. The van der Waals surface area contributed by atoms with Gasteiger partial charge in [-0.2, -0.15) is 0 Å². The van der Waals surface area contributed by atoms with Crippen LogP contribution in [-0.4, -0.2) is 27.6 Å². The number of aryl methyl sites for hydroxylation is 2. The Hall–Kier alpha value is -6.76. The molecule has 0 aliphatic rings. The van der Waals surface area contributed by atoms with Crippen LogP contribution in [0.2, 0.25) is 19.6 Å². The normalized spacial score (nSPS) is 11.8. The molecule has 4 heterocycles. The topological polar surface area (TPSA) is 56.7 Å². The van der Waals surface area contributed by atoms with Gasteiger partial charge >= 0.3 is 0 Å². The summed E-state index contributed by atoms with van der Waals surface area (Å²) in [7, 11) is -1.34. The molecule has 11 rings (SSSR count). The summed E-state index contributed by atoms with van der Waals surface area (Å²) in [6.45, 7) is 25.2. The number of hydrogen-bond donors (Lipinski definition) is 0. The Bertz CT molecular complexity index is 3730. The number of para-hydroxylation sites is 2. The van der Waals surface area contributed by atoms with Gasteiger partial charge in [0.1, 0.15) is 0 Å². The Morgan fingerprint density at radius 2 is 1.32 bits per heavy atom. The first-order chi connectivity index (χ1) is 34.6. The molecule has 5 nitrogen and oxygen atoms in total. The van der Waals surface area contributed by atoms with Crippen LogP contribution in [0.25, 0.3) is 94.6 Å². The number of furan rings is 1. The Balaban J connectivity index is 0.000000264. The first kappa shape index (κ1) is 51.1. The Morgan fingerprint density at radius 3 is 2.00 bits per heavy atom. The van der Waals surface area contributed by atoms with Crippen molar-refractivity contribution >= 4 is 57.1 Å². The van der Waals surface area contributed by atoms with E-state index in [1.54, 1.807) is 0 Å². The molecule has 7 aromatic carbocycles. The van der Waals surface area contributed by atoms with Crippen LogP contribution in [-0.2, 0) is 26.5 Å². The summed E-state index contributed by atoms with van der Waals surface area (Å²) in [5, 5.41) is 5.97. The number of hydrogen-bond acceptors (Lipinski definition) is 4. The predicted octanol–water partition coefficient (Wildman–Crippen LogP) is 17.4. The largest absolute Gasteiger partial charge is 0.486 e. The molecule has 1 radical (unpaired) electrons. The molecular formula is C66H64IrN4OSi-2. The molecule has 11 aromatic rings. The van der Waals surface area contributed by atoms with Crippen molar-refractivity contribution in [2.75, 3.05) is 0 Å². The van der Waals surface area contributed by atoms with E-state index in [1.807, 2.05) is 24.3 Å². The van der Waals surface area contributed by atoms with Gasteiger partial charge in [0.25, 0.3) is 0 Å². The number of nitrogens with zero attached hydrogens (tertiary/aromatic N) is 4. The van der Waals surface area contributed by atoms with Crippen LogP contribution in [0.15, 0.2) is 162 Å². The van der Waals surface area contributed by atoms with Gasteiger partial charge in [0.05, 0.1) is 36.2 Å². The molecule has 7 heteroatoms. The van der Waals surface area contributed by atoms with Crippen LogP contribution in [0.5, 0.6) is 0 Å². The third kappa shape index (κ3) is 10.2. The van der Waals surface area contributed by atoms with Crippen molar-refractivity contribution < 1.29 is 24.5 Å². The molecule has 0 unspecified atom stereocenters. The van der Waals surface area contributed by atoms with E-state index in [-0.39, 0.29) is 31.9 Å². The number of aromatic nitrogens is 4. The SMILES string of the molecule is CC(C)Cc1cc(-c2[c-]cccc2)ncc1[Si](C)(C)C.Cc1cccc(C)c1-c1ccc2c(n1)oc1c(-c3nc4ccccc4n3-c3c(C(C)C)cc(-c4ccc5ccccc5c4)cc3C(C)C)[c-]ccc12.[Ir]. The molecule has 0 saturated carbocycles. The Kier molecular flexibility index (Phi) is 14.7. The van der Waals surface area contributed by atoms with Crippen molar-refractivity contribution in [2.24, 2.45) is 5.92 Å². The van der Waals surface area contributed by atoms with Crippen molar-refractivity contribution in [3.05, 3.63) is 198 Å². The molecule has 0 fully saturated rings. The van der Waals surface area contributed by atoms with Gasteiger partial charge in [-0.3, -0.25) is 4.98 Å². The molecule has 0 N–H and O–H groups in total. The number of rotatable bonds is 10. The van der Waals surface area contributed by atoms with E-state index >= 15 is 0 Å². The molecule has 0 amide bonds. The van der Waals surface area contributed by atoms with Gasteiger partial charge in [0, 0.05) is 42.9 Å².